The van der Waals surface area contributed by atoms with Gasteiger partial charge in [0.2, 0.25) is 11.8 Å². The van der Waals surface area contributed by atoms with Gasteiger partial charge >= 0.3 is 0 Å². The number of rotatable bonds is 6. The number of hydrogen-bond acceptors (Lipinski definition) is 3. The summed E-state index contributed by atoms with van der Waals surface area (Å²) in [5.74, 6) is -0.0405. The number of anilines is 1. The smallest absolute Gasteiger partial charge is 0.227 e. The Kier molecular flexibility index (Phi) is 4.97. The molecule has 1 heterocycles. The highest BCUT2D eigenvalue weighted by Crippen LogP contribution is 2.28. The second kappa shape index (κ2) is 7.34. The van der Waals surface area contributed by atoms with Crippen LogP contribution in [0.1, 0.15) is 18.4 Å². The van der Waals surface area contributed by atoms with E-state index in [4.69, 9.17) is 10.5 Å². The molecular weight excluding hydrogens is 323 g/mol. The van der Waals surface area contributed by atoms with Crippen molar-refractivity contribution in [3.8, 4) is 5.75 Å². The number of benzene rings is 2. The Morgan fingerprint density at radius 2 is 1.84 bits per heavy atom. The minimum atomic E-state index is -0.385. The van der Waals surface area contributed by atoms with Crippen molar-refractivity contribution in [2.45, 2.75) is 19.4 Å². The topological polar surface area (TPSA) is 72.6 Å². The van der Waals surface area contributed by atoms with Crippen LogP contribution in [0.5, 0.6) is 5.75 Å². The van der Waals surface area contributed by atoms with Crippen molar-refractivity contribution in [2.24, 2.45) is 11.7 Å². The lowest BCUT2D eigenvalue weighted by Crippen LogP contribution is -2.25. The summed E-state index contributed by atoms with van der Waals surface area (Å²) < 4.78 is 18.5. The van der Waals surface area contributed by atoms with E-state index in [0.29, 0.717) is 25.3 Å². The van der Waals surface area contributed by atoms with Crippen molar-refractivity contribution in [1.29, 1.82) is 0 Å². The van der Waals surface area contributed by atoms with Crippen LogP contribution in [0.4, 0.5) is 10.1 Å². The van der Waals surface area contributed by atoms with Crippen molar-refractivity contribution in [3.05, 3.63) is 59.9 Å². The van der Waals surface area contributed by atoms with E-state index in [1.807, 2.05) is 12.1 Å². The number of nitrogens with two attached hydrogens (primary N) is 1. The Balaban J connectivity index is 1.59. The first-order chi connectivity index (χ1) is 12.0. The van der Waals surface area contributed by atoms with E-state index in [9.17, 15) is 14.0 Å². The van der Waals surface area contributed by atoms with Crippen LogP contribution < -0.4 is 15.4 Å². The first-order valence-electron chi connectivity index (χ1n) is 8.07. The van der Waals surface area contributed by atoms with Crippen molar-refractivity contribution in [1.82, 2.24) is 0 Å². The monoisotopic (exact) mass is 342 g/mol. The second-order valence-corrected chi connectivity index (χ2v) is 6.15. The van der Waals surface area contributed by atoms with Crippen LogP contribution in [0.25, 0.3) is 0 Å². The number of carbonyl (C=O) groups is 2. The molecule has 3 rings (SSSR count). The van der Waals surface area contributed by atoms with Gasteiger partial charge in [-0.2, -0.15) is 0 Å². The van der Waals surface area contributed by atoms with E-state index in [1.54, 1.807) is 29.2 Å². The minimum absolute atomic E-state index is 0.00812. The number of amides is 2. The lowest BCUT2D eigenvalue weighted by Gasteiger charge is -2.17. The molecule has 0 aromatic heterocycles. The number of carbonyl (C=O) groups excluding carboxylic acids is 2. The van der Waals surface area contributed by atoms with Crippen LogP contribution in [-0.2, 0) is 16.2 Å². The molecule has 2 aromatic carbocycles. The first-order valence-corrected chi connectivity index (χ1v) is 8.07. The molecule has 0 saturated carbocycles. The maximum Gasteiger partial charge on any atom is 0.227 e. The molecule has 0 spiro atoms. The maximum atomic E-state index is 12.9. The molecule has 1 aliphatic rings. The summed E-state index contributed by atoms with van der Waals surface area (Å²) in [5.41, 5.74) is 6.84. The fourth-order valence-electron chi connectivity index (χ4n) is 2.92. The third-order valence-corrected chi connectivity index (χ3v) is 4.16. The highest BCUT2D eigenvalue weighted by molar-refractivity contribution is 5.96. The van der Waals surface area contributed by atoms with Gasteiger partial charge in [0.15, 0.2) is 0 Å². The molecule has 1 unspecified atom stereocenters. The lowest BCUT2D eigenvalue weighted by molar-refractivity contribution is -0.119. The van der Waals surface area contributed by atoms with E-state index in [1.165, 1.54) is 12.1 Å². The number of hydrogen-bond donors (Lipinski definition) is 1. The van der Waals surface area contributed by atoms with Gasteiger partial charge in [-0.1, -0.05) is 12.1 Å². The Hall–Kier alpha value is -2.89. The molecule has 1 fully saturated rings. The van der Waals surface area contributed by atoms with Crippen molar-refractivity contribution in [2.75, 3.05) is 11.4 Å². The van der Waals surface area contributed by atoms with E-state index in [2.05, 4.69) is 0 Å². The SMILES string of the molecule is NC(=O)CC1CC(=O)N(c2ccc(OCc3ccc(F)cc3)cc2)C1. The molecule has 25 heavy (non-hydrogen) atoms. The Morgan fingerprint density at radius 1 is 1.16 bits per heavy atom. The third kappa shape index (κ3) is 4.35. The van der Waals surface area contributed by atoms with E-state index < -0.39 is 0 Å². The van der Waals surface area contributed by atoms with Gasteiger partial charge in [0, 0.05) is 25.1 Å². The van der Waals surface area contributed by atoms with Crippen LogP contribution in [-0.4, -0.2) is 18.4 Å². The van der Waals surface area contributed by atoms with Crippen LogP contribution in [0, 0.1) is 11.7 Å². The summed E-state index contributed by atoms with van der Waals surface area (Å²) in [6, 6.07) is 13.3. The van der Waals surface area contributed by atoms with Crippen LogP contribution in [0.15, 0.2) is 48.5 Å². The molecule has 5 nitrogen and oxygen atoms in total. The standard InChI is InChI=1S/C19H19FN2O3/c20-15-3-1-13(2-4-15)12-25-17-7-5-16(6-8-17)22-11-14(9-18(21)23)10-19(22)24/h1-8,14H,9-12H2,(H2,21,23). The predicted molar refractivity (Wildman–Crippen MR) is 91.4 cm³/mol. The summed E-state index contributed by atoms with van der Waals surface area (Å²) in [5, 5.41) is 0. The first kappa shape index (κ1) is 17.0. The highest BCUT2D eigenvalue weighted by Gasteiger charge is 2.31. The van der Waals surface area contributed by atoms with Crippen LogP contribution in [0.3, 0.4) is 0 Å². The summed E-state index contributed by atoms with van der Waals surface area (Å²) >= 11 is 0. The average Bonchev–Trinajstić information content (AvgIpc) is 2.94. The van der Waals surface area contributed by atoms with Crippen LogP contribution >= 0.6 is 0 Å². The zero-order chi connectivity index (χ0) is 17.8. The molecule has 2 aromatic rings. The summed E-state index contributed by atoms with van der Waals surface area (Å²) in [7, 11) is 0. The molecule has 2 N–H and O–H groups in total. The van der Waals surface area contributed by atoms with Crippen LogP contribution in [0.2, 0.25) is 0 Å². The molecule has 0 aliphatic carbocycles. The highest BCUT2D eigenvalue weighted by atomic mass is 19.1. The summed E-state index contributed by atoms with van der Waals surface area (Å²) in [4.78, 5) is 24.8. The Morgan fingerprint density at radius 3 is 2.48 bits per heavy atom. The molecule has 1 atom stereocenters. The Bertz CT molecular complexity index is 759. The molecule has 6 heteroatoms. The molecular formula is C19H19FN2O3. The predicted octanol–water partition coefficient (Wildman–Crippen LogP) is 2.63. The van der Waals surface area contributed by atoms with Gasteiger partial charge in [-0.3, -0.25) is 9.59 Å². The molecule has 0 bridgehead atoms. The normalized spacial score (nSPS) is 16.9. The zero-order valence-corrected chi connectivity index (χ0v) is 13.7. The summed E-state index contributed by atoms with van der Waals surface area (Å²) in [6.45, 7) is 0.834. The number of primary amides is 1. The van der Waals surface area contributed by atoms with E-state index in [-0.39, 0.29) is 30.0 Å². The quantitative estimate of drug-likeness (QED) is 0.877. The number of ether oxygens (including phenoxy) is 1. The Labute approximate surface area is 145 Å². The van der Waals surface area contributed by atoms with Crippen molar-refractivity contribution >= 4 is 17.5 Å². The molecule has 130 valence electrons. The number of nitrogens with zero attached hydrogens (tertiary/aromatic N) is 1. The lowest BCUT2D eigenvalue weighted by atomic mass is 10.0. The van der Waals surface area contributed by atoms with Gasteiger partial charge in [-0.15, -0.1) is 0 Å². The van der Waals surface area contributed by atoms with E-state index >= 15 is 0 Å². The van der Waals surface area contributed by atoms with Gasteiger partial charge < -0.3 is 15.4 Å². The molecule has 2 amide bonds. The average molecular weight is 342 g/mol. The van der Waals surface area contributed by atoms with Crippen molar-refractivity contribution < 1.29 is 18.7 Å². The number of halogens is 1. The largest absolute Gasteiger partial charge is 0.489 e. The van der Waals surface area contributed by atoms with E-state index in [0.717, 1.165) is 11.3 Å². The van der Waals surface area contributed by atoms with Gasteiger partial charge in [-0.25, -0.2) is 4.39 Å². The molecule has 0 radical (unpaired) electrons. The van der Waals surface area contributed by atoms with Gasteiger partial charge in [-0.05, 0) is 47.9 Å². The maximum absolute atomic E-state index is 12.9. The molecule has 1 aliphatic heterocycles. The van der Waals surface area contributed by atoms with Crippen molar-refractivity contribution in [3.63, 3.8) is 0 Å². The van der Waals surface area contributed by atoms with Gasteiger partial charge in [0.1, 0.15) is 18.2 Å². The summed E-state index contributed by atoms with van der Waals surface area (Å²) in [6.07, 6.45) is 0.562. The van der Waals surface area contributed by atoms with Gasteiger partial charge in [0.25, 0.3) is 0 Å². The fraction of sp³-hybridized carbons (Fsp3) is 0.263. The minimum Gasteiger partial charge on any atom is -0.489 e. The van der Waals surface area contributed by atoms with Gasteiger partial charge in [0.05, 0.1) is 0 Å². The second-order valence-electron chi connectivity index (χ2n) is 6.15. The zero-order valence-electron chi connectivity index (χ0n) is 13.7. The molecule has 1 saturated heterocycles. The fourth-order valence-corrected chi connectivity index (χ4v) is 2.92. The third-order valence-electron chi connectivity index (χ3n) is 4.16.